The van der Waals surface area contributed by atoms with Crippen molar-refractivity contribution in [3.8, 4) is 5.75 Å². The van der Waals surface area contributed by atoms with Crippen LogP contribution in [0.15, 0.2) is 11.2 Å². The van der Waals surface area contributed by atoms with Gasteiger partial charge >= 0.3 is 0 Å². The van der Waals surface area contributed by atoms with E-state index in [0.717, 1.165) is 48.1 Å². The molecule has 1 aromatic heterocycles. The number of methoxy groups -OCH3 is 1. The fourth-order valence-corrected chi connectivity index (χ4v) is 2.79. The number of pyridine rings is 1. The van der Waals surface area contributed by atoms with E-state index in [0.29, 0.717) is 12.5 Å². The van der Waals surface area contributed by atoms with E-state index in [1.165, 1.54) is 0 Å². The van der Waals surface area contributed by atoms with E-state index in [-0.39, 0.29) is 6.10 Å². The fraction of sp³-hybridized carbons (Fsp3) is 0.684. The molecule has 1 atom stereocenters. The van der Waals surface area contributed by atoms with E-state index in [1.54, 1.807) is 14.2 Å². The summed E-state index contributed by atoms with van der Waals surface area (Å²) in [6.45, 7) is 12.6. The van der Waals surface area contributed by atoms with Crippen LogP contribution in [0, 0.1) is 19.8 Å². The number of rotatable bonds is 9. The maximum absolute atomic E-state index is 5.78. The fourth-order valence-electron chi connectivity index (χ4n) is 2.79. The first-order valence-electron chi connectivity index (χ1n) is 8.99. The summed E-state index contributed by atoms with van der Waals surface area (Å²) >= 11 is 0. The molecule has 0 amide bonds. The summed E-state index contributed by atoms with van der Waals surface area (Å²) in [7, 11) is 3.46. The number of guanidine groups is 1. The van der Waals surface area contributed by atoms with Gasteiger partial charge < -0.3 is 20.1 Å². The predicted octanol–water partition coefficient (Wildman–Crippen LogP) is 2.82. The Morgan fingerprint density at radius 3 is 2.56 bits per heavy atom. The average molecular weight is 351 g/mol. The lowest BCUT2D eigenvalue weighted by Gasteiger charge is -2.21. The van der Waals surface area contributed by atoms with Gasteiger partial charge in [0.1, 0.15) is 5.75 Å². The number of aryl methyl sites for hydroxylation is 1. The van der Waals surface area contributed by atoms with Gasteiger partial charge in [-0.1, -0.05) is 13.8 Å². The van der Waals surface area contributed by atoms with Gasteiger partial charge in [-0.15, -0.1) is 0 Å². The van der Waals surface area contributed by atoms with Crippen molar-refractivity contribution in [1.82, 2.24) is 15.6 Å². The van der Waals surface area contributed by atoms with Crippen LogP contribution in [0.5, 0.6) is 5.75 Å². The summed E-state index contributed by atoms with van der Waals surface area (Å²) in [5.74, 6) is 2.16. The molecular formula is C19H34N4O2. The maximum Gasteiger partial charge on any atom is 0.191 e. The van der Waals surface area contributed by atoms with Gasteiger partial charge in [-0.05, 0) is 33.1 Å². The largest absolute Gasteiger partial charge is 0.496 e. The molecule has 0 aliphatic carbocycles. The Morgan fingerprint density at radius 2 is 2.00 bits per heavy atom. The highest BCUT2D eigenvalue weighted by atomic mass is 16.5. The molecule has 2 N–H and O–H groups in total. The molecule has 142 valence electrons. The number of ether oxygens (including phenoxy) is 2. The summed E-state index contributed by atoms with van der Waals surface area (Å²) in [4.78, 5) is 8.78. The van der Waals surface area contributed by atoms with Crippen LogP contribution >= 0.6 is 0 Å². The Balaban J connectivity index is 2.55. The van der Waals surface area contributed by atoms with E-state index in [9.17, 15) is 0 Å². The molecule has 1 unspecified atom stereocenters. The monoisotopic (exact) mass is 350 g/mol. The van der Waals surface area contributed by atoms with E-state index in [1.807, 2.05) is 27.0 Å². The Kier molecular flexibility index (Phi) is 9.27. The minimum absolute atomic E-state index is 0.265. The molecule has 0 saturated carbocycles. The van der Waals surface area contributed by atoms with Crippen LogP contribution in [0.2, 0.25) is 0 Å². The molecule has 0 aromatic carbocycles. The van der Waals surface area contributed by atoms with Gasteiger partial charge in [-0.2, -0.15) is 0 Å². The Hall–Kier alpha value is -1.82. The lowest BCUT2D eigenvalue weighted by atomic mass is 10.0. The number of aromatic nitrogens is 1. The van der Waals surface area contributed by atoms with E-state index < -0.39 is 0 Å². The lowest BCUT2D eigenvalue weighted by molar-refractivity contribution is 0.0258. The van der Waals surface area contributed by atoms with E-state index in [2.05, 4.69) is 34.5 Å². The second kappa shape index (κ2) is 10.9. The van der Waals surface area contributed by atoms with Crippen LogP contribution in [0.3, 0.4) is 0 Å². The van der Waals surface area contributed by atoms with Crippen LogP contribution in [-0.2, 0) is 11.3 Å². The van der Waals surface area contributed by atoms with Gasteiger partial charge in [-0.3, -0.25) is 9.98 Å². The number of hydrogen-bond acceptors (Lipinski definition) is 4. The molecular weight excluding hydrogens is 316 g/mol. The van der Waals surface area contributed by atoms with E-state index in [4.69, 9.17) is 9.47 Å². The quantitative estimate of drug-likeness (QED) is 0.529. The Bertz CT molecular complexity index is 559. The van der Waals surface area contributed by atoms with Crippen LogP contribution in [-0.4, -0.2) is 44.4 Å². The third-order valence-corrected chi connectivity index (χ3v) is 4.24. The van der Waals surface area contributed by atoms with Crippen molar-refractivity contribution in [2.45, 2.75) is 53.7 Å². The van der Waals surface area contributed by atoms with Crippen molar-refractivity contribution in [3.63, 3.8) is 0 Å². The molecule has 0 aliphatic rings. The molecule has 1 heterocycles. The van der Waals surface area contributed by atoms with Crippen molar-refractivity contribution in [1.29, 1.82) is 0 Å². The summed E-state index contributed by atoms with van der Waals surface area (Å²) in [5.41, 5.74) is 3.06. The molecule has 0 aliphatic heterocycles. The molecule has 25 heavy (non-hydrogen) atoms. The molecule has 1 rings (SSSR count). The second-order valence-corrected chi connectivity index (χ2v) is 6.43. The smallest absolute Gasteiger partial charge is 0.191 e. The van der Waals surface area contributed by atoms with Gasteiger partial charge in [-0.25, -0.2) is 0 Å². The summed E-state index contributed by atoms with van der Waals surface area (Å²) < 4.78 is 11.2. The van der Waals surface area contributed by atoms with Crippen molar-refractivity contribution >= 4 is 5.96 Å². The zero-order valence-corrected chi connectivity index (χ0v) is 16.8. The highest BCUT2D eigenvalue weighted by molar-refractivity contribution is 5.79. The first-order chi connectivity index (χ1) is 11.9. The van der Waals surface area contributed by atoms with Gasteiger partial charge in [0.05, 0.1) is 25.5 Å². The number of hydrogen-bond donors (Lipinski definition) is 2. The number of nitrogens with zero attached hydrogens (tertiary/aromatic N) is 2. The number of aliphatic imine (C=N–C) groups is 1. The zero-order chi connectivity index (χ0) is 18.8. The second-order valence-electron chi connectivity index (χ2n) is 6.43. The topological polar surface area (TPSA) is 67.8 Å². The van der Waals surface area contributed by atoms with Gasteiger partial charge in [0.2, 0.25) is 0 Å². The number of nitrogens with one attached hydrogen (secondary N) is 2. The van der Waals surface area contributed by atoms with Gasteiger partial charge in [0.15, 0.2) is 5.96 Å². The molecule has 6 nitrogen and oxygen atoms in total. The highest BCUT2D eigenvalue weighted by Gasteiger charge is 2.13. The van der Waals surface area contributed by atoms with Crippen LogP contribution < -0.4 is 15.4 Å². The molecule has 0 radical (unpaired) electrons. The molecule has 0 bridgehead atoms. The molecule has 6 heteroatoms. The summed E-state index contributed by atoms with van der Waals surface area (Å²) in [6, 6.07) is 0. The average Bonchev–Trinajstić information content (AvgIpc) is 2.58. The van der Waals surface area contributed by atoms with Crippen molar-refractivity contribution < 1.29 is 9.47 Å². The Labute approximate surface area is 152 Å². The summed E-state index contributed by atoms with van der Waals surface area (Å²) in [5, 5.41) is 6.66. The van der Waals surface area contributed by atoms with Crippen LogP contribution in [0.4, 0.5) is 0 Å². The molecule has 1 aromatic rings. The minimum Gasteiger partial charge on any atom is -0.496 e. The lowest BCUT2D eigenvalue weighted by Crippen LogP contribution is -2.39. The zero-order valence-electron chi connectivity index (χ0n) is 16.8. The standard InChI is InChI=1S/C19H34N4O2/c1-8-25-17(13(2)3)9-10-21-19(20-6)23-12-16-15(5)18(24-7)14(4)11-22-16/h11,13,17H,8-10,12H2,1-7H3,(H2,20,21,23). The van der Waals surface area contributed by atoms with Gasteiger partial charge in [0.25, 0.3) is 0 Å². The first-order valence-corrected chi connectivity index (χ1v) is 8.99. The van der Waals surface area contributed by atoms with Crippen molar-refractivity contribution in [3.05, 3.63) is 23.0 Å². The highest BCUT2D eigenvalue weighted by Crippen LogP contribution is 2.23. The Morgan fingerprint density at radius 1 is 1.28 bits per heavy atom. The molecule has 0 saturated heterocycles. The molecule has 0 spiro atoms. The maximum atomic E-state index is 5.78. The predicted molar refractivity (Wildman–Crippen MR) is 103 cm³/mol. The van der Waals surface area contributed by atoms with Crippen molar-refractivity contribution in [2.24, 2.45) is 10.9 Å². The third kappa shape index (κ3) is 6.53. The molecule has 0 fully saturated rings. The van der Waals surface area contributed by atoms with E-state index >= 15 is 0 Å². The minimum atomic E-state index is 0.265. The van der Waals surface area contributed by atoms with Gasteiger partial charge in [0, 0.05) is 37.5 Å². The normalized spacial score (nSPS) is 13.0. The summed E-state index contributed by atoms with van der Waals surface area (Å²) in [6.07, 6.45) is 3.05. The van der Waals surface area contributed by atoms with Crippen LogP contribution in [0.25, 0.3) is 0 Å². The SMILES string of the molecule is CCOC(CCNC(=NC)NCc1ncc(C)c(OC)c1C)C(C)C. The van der Waals surface area contributed by atoms with Crippen molar-refractivity contribution in [2.75, 3.05) is 27.3 Å². The van der Waals surface area contributed by atoms with Crippen LogP contribution in [0.1, 0.15) is 44.0 Å². The first kappa shape index (κ1) is 21.2. The third-order valence-electron chi connectivity index (χ3n) is 4.24.